The SMILES string of the molecule is CCC1CCCCN1C(=O)CNC(=O)CCc1ccc(OC)c(OC)c1. The molecule has 26 heavy (non-hydrogen) atoms. The standard InChI is InChI=1S/C20H30N2O4/c1-4-16-7-5-6-12-22(16)20(24)14-21-19(23)11-9-15-8-10-17(25-2)18(13-15)26-3/h8,10,13,16H,4-7,9,11-12,14H2,1-3H3,(H,21,23). The Bertz CT molecular complexity index is 618. The van der Waals surface area contributed by atoms with Crippen LogP contribution >= 0.6 is 0 Å². The number of carbonyl (C=O) groups excluding carboxylic acids is 2. The van der Waals surface area contributed by atoms with E-state index in [0.717, 1.165) is 31.4 Å². The van der Waals surface area contributed by atoms with Crippen LogP contribution in [0.1, 0.15) is 44.6 Å². The fraction of sp³-hybridized carbons (Fsp3) is 0.600. The molecular weight excluding hydrogens is 332 g/mol. The molecule has 1 aromatic carbocycles. The van der Waals surface area contributed by atoms with E-state index in [4.69, 9.17) is 9.47 Å². The fourth-order valence-electron chi connectivity index (χ4n) is 3.41. The van der Waals surface area contributed by atoms with E-state index in [9.17, 15) is 9.59 Å². The third kappa shape index (κ3) is 5.38. The van der Waals surface area contributed by atoms with Gasteiger partial charge in [0.2, 0.25) is 11.8 Å². The van der Waals surface area contributed by atoms with Crippen molar-refractivity contribution in [3.05, 3.63) is 23.8 Å². The van der Waals surface area contributed by atoms with Gasteiger partial charge >= 0.3 is 0 Å². The Balaban J connectivity index is 1.79. The summed E-state index contributed by atoms with van der Waals surface area (Å²) >= 11 is 0. The molecule has 1 N–H and O–H groups in total. The number of aryl methyl sites for hydroxylation is 1. The summed E-state index contributed by atoms with van der Waals surface area (Å²) < 4.78 is 10.5. The zero-order valence-corrected chi connectivity index (χ0v) is 16.0. The summed E-state index contributed by atoms with van der Waals surface area (Å²) in [6.07, 6.45) is 5.19. The van der Waals surface area contributed by atoms with E-state index in [2.05, 4.69) is 12.2 Å². The predicted octanol–water partition coefficient (Wildman–Crippen LogP) is 2.54. The van der Waals surface area contributed by atoms with Crippen molar-refractivity contribution >= 4 is 11.8 Å². The molecule has 0 aromatic heterocycles. The van der Waals surface area contributed by atoms with Crippen LogP contribution in [-0.2, 0) is 16.0 Å². The summed E-state index contributed by atoms with van der Waals surface area (Å²) in [4.78, 5) is 26.4. The lowest BCUT2D eigenvalue weighted by Crippen LogP contribution is -2.47. The first kappa shape index (κ1) is 20.1. The molecule has 144 valence electrons. The van der Waals surface area contributed by atoms with Crippen molar-refractivity contribution in [2.75, 3.05) is 27.3 Å². The monoisotopic (exact) mass is 362 g/mol. The maximum absolute atomic E-state index is 12.4. The van der Waals surface area contributed by atoms with Crippen LogP contribution in [0.5, 0.6) is 11.5 Å². The first-order chi connectivity index (χ1) is 12.6. The van der Waals surface area contributed by atoms with Crippen LogP contribution in [0.3, 0.4) is 0 Å². The van der Waals surface area contributed by atoms with E-state index >= 15 is 0 Å². The second-order valence-electron chi connectivity index (χ2n) is 6.61. The highest BCUT2D eigenvalue weighted by atomic mass is 16.5. The molecule has 0 spiro atoms. The average molecular weight is 362 g/mol. The third-order valence-corrected chi connectivity index (χ3v) is 4.94. The number of nitrogens with zero attached hydrogens (tertiary/aromatic N) is 1. The van der Waals surface area contributed by atoms with Crippen molar-refractivity contribution in [1.29, 1.82) is 0 Å². The second kappa shape index (κ2) is 10.0. The maximum Gasteiger partial charge on any atom is 0.242 e. The van der Waals surface area contributed by atoms with E-state index in [1.807, 2.05) is 23.1 Å². The Hall–Kier alpha value is -2.24. The molecule has 2 amide bonds. The van der Waals surface area contributed by atoms with Gasteiger partial charge < -0.3 is 19.7 Å². The van der Waals surface area contributed by atoms with Crippen LogP contribution in [0.4, 0.5) is 0 Å². The lowest BCUT2D eigenvalue weighted by molar-refractivity contribution is -0.136. The highest BCUT2D eigenvalue weighted by molar-refractivity contribution is 5.85. The Kier molecular flexibility index (Phi) is 7.75. The van der Waals surface area contributed by atoms with Crippen LogP contribution in [0.15, 0.2) is 18.2 Å². The van der Waals surface area contributed by atoms with Gasteiger partial charge in [0.15, 0.2) is 11.5 Å². The van der Waals surface area contributed by atoms with E-state index in [-0.39, 0.29) is 18.4 Å². The van der Waals surface area contributed by atoms with Crippen LogP contribution in [0, 0.1) is 0 Å². The van der Waals surface area contributed by atoms with Gasteiger partial charge in [0.25, 0.3) is 0 Å². The number of amides is 2. The largest absolute Gasteiger partial charge is 0.493 e. The molecule has 0 saturated carbocycles. The first-order valence-electron chi connectivity index (χ1n) is 9.36. The van der Waals surface area contributed by atoms with E-state index in [1.165, 1.54) is 6.42 Å². The highest BCUT2D eigenvalue weighted by Crippen LogP contribution is 2.28. The Morgan fingerprint density at radius 2 is 1.96 bits per heavy atom. The minimum atomic E-state index is -0.113. The third-order valence-electron chi connectivity index (χ3n) is 4.94. The zero-order valence-electron chi connectivity index (χ0n) is 16.0. The van der Waals surface area contributed by atoms with Gasteiger partial charge in [0.1, 0.15) is 0 Å². The number of methoxy groups -OCH3 is 2. The van der Waals surface area contributed by atoms with Crippen molar-refractivity contribution in [1.82, 2.24) is 10.2 Å². The molecule has 0 aliphatic carbocycles. The Morgan fingerprint density at radius 3 is 2.65 bits per heavy atom. The number of carbonyl (C=O) groups is 2. The van der Waals surface area contributed by atoms with Crippen LogP contribution in [0.2, 0.25) is 0 Å². The maximum atomic E-state index is 12.4. The van der Waals surface area contributed by atoms with Gasteiger partial charge in [-0.25, -0.2) is 0 Å². The molecule has 0 radical (unpaired) electrons. The fourth-order valence-corrected chi connectivity index (χ4v) is 3.41. The summed E-state index contributed by atoms with van der Waals surface area (Å²) in [7, 11) is 3.18. The van der Waals surface area contributed by atoms with Gasteiger partial charge in [0.05, 0.1) is 20.8 Å². The zero-order chi connectivity index (χ0) is 18.9. The van der Waals surface area contributed by atoms with Crippen molar-refractivity contribution in [2.45, 2.75) is 51.5 Å². The summed E-state index contributed by atoms with van der Waals surface area (Å²) in [5, 5.41) is 2.76. The minimum Gasteiger partial charge on any atom is -0.493 e. The minimum absolute atomic E-state index is 0.0241. The summed E-state index contributed by atoms with van der Waals surface area (Å²) in [5.41, 5.74) is 0.992. The molecule has 1 saturated heterocycles. The molecule has 6 heteroatoms. The number of nitrogens with one attached hydrogen (secondary N) is 1. The molecule has 1 aromatic rings. The van der Waals surface area contributed by atoms with Crippen molar-refractivity contribution in [3.8, 4) is 11.5 Å². The van der Waals surface area contributed by atoms with E-state index in [0.29, 0.717) is 30.4 Å². The molecule has 1 heterocycles. The predicted molar refractivity (Wildman–Crippen MR) is 101 cm³/mol. The Labute approximate surface area is 155 Å². The molecule has 1 unspecified atom stereocenters. The van der Waals surface area contributed by atoms with Gasteiger partial charge in [-0.05, 0) is 49.8 Å². The molecule has 0 bridgehead atoms. The number of hydrogen-bond donors (Lipinski definition) is 1. The van der Waals surface area contributed by atoms with Gasteiger partial charge in [-0.15, -0.1) is 0 Å². The topological polar surface area (TPSA) is 67.9 Å². The van der Waals surface area contributed by atoms with Crippen LogP contribution < -0.4 is 14.8 Å². The van der Waals surface area contributed by atoms with Crippen LogP contribution in [0.25, 0.3) is 0 Å². The summed E-state index contributed by atoms with van der Waals surface area (Å²) in [5.74, 6) is 1.23. The van der Waals surface area contributed by atoms with Crippen molar-refractivity contribution < 1.29 is 19.1 Å². The lowest BCUT2D eigenvalue weighted by atomic mass is 10.00. The molecular formula is C20H30N2O4. The number of likely N-dealkylation sites (tertiary alicyclic amines) is 1. The Morgan fingerprint density at radius 1 is 1.19 bits per heavy atom. The first-order valence-corrected chi connectivity index (χ1v) is 9.36. The van der Waals surface area contributed by atoms with Gasteiger partial charge in [-0.2, -0.15) is 0 Å². The molecule has 1 aliphatic rings. The van der Waals surface area contributed by atoms with Gasteiger partial charge in [-0.3, -0.25) is 9.59 Å². The van der Waals surface area contributed by atoms with E-state index in [1.54, 1.807) is 14.2 Å². The summed E-state index contributed by atoms with van der Waals surface area (Å²) in [6, 6.07) is 5.94. The van der Waals surface area contributed by atoms with Crippen molar-refractivity contribution in [2.24, 2.45) is 0 Å². The van der Waals surface area contributed by atoms with Crippen molar-refractivity contribution in [3.63, 3.8) is 0 Å². The van der Waals surface area contributed by atoms with Gasteiger partial charge in [0, 0.05) is 19.0 Å². The van der Waals surface area contributed by atoms with E-state index < -0.39 is 0 Å². The number of piperidine rings is 1. The van der Waals surface area contributed by atoms with Gasteiger partial charge in [-0.1, -0.05) is 13.0 Å². The number of ether oxygens (including phenoxy) is 2. The molecule has 6 nitrogen and oxygen atoms in total. The normalized spacial score (nSPS) is 16.9. The smallest absolute Gasteiger partial charge is 0.242 e. The number of benzene rings is 1. The number of hydrogen-bond acceptors (Lipinski definition) is 4. The van der Waals surface area contributed by atoms with Crippen LogP contribution in [-0.4, -0.2) is 50.1 Å². The number of rotatable bonds is 8. The quantitative estimate of drug-likeness (QED) is 0.772. The second-order valence-corrected chi connectivity index (χ2v) is 6.61. The highest BCUT2D eigenvalue weighted by Gasteiger charge is 2.25. The molecule has 1 atom stereocenters. The molecule has 1 aliphatic heterocycles. The average Bonchev–Trinajstić information content (AvgIpc) is 2.69. The molecule has 2 rings (SSSR count). The lowest BCUT2D eigenvalue weighted by Gasteiger charge is -2.35. The summed E-state index contributed by atoms with van der Waals surface area (Å²) in [6.45, 7) is 3.00. The molecule has 1 fully saturated rings.